The van der Waals surface area contributed by atoms with E-state index in [-0.39, 0.29) is 13.0 Å². The topological polar surface area (TPSA) is 88.3 Å². The highest BCUT2D eigenvalue weighted by Gasteiger charge is 2.31. The van der Waals surface area contributed by atoms with Crippen molar-refractivity contribution in [2.24, 2.45) is 5.92 Å². The molecule has 0 saturated heterocycles. The Morgan fingerprint density at radius 1 is 1.17 bits per heavy atom. The number of aliphatic carboxylic acids is 1. The van der Waals surface area contributed by atoms with Crippen LogP contribution in [0.15, 0.2) is 55.0 Å². The number of amides is 1. The number of anilines is 1. The molecule has 3 aromatic rings. The molecule has 0 aliphatic rings. The number of carbonyl (C=O) groups is 2. The summed E-state index contributed by atoms with van der Waals surface area (Å²) in [5, 5.41) is 14.3. The number of hydrogen-bond donors (Lipinski definition) is 1. The molecule has 0 saturated carbocycles. The highest BCUT2D eigenvalue weighted by molar-refractivity contribution is 6.29. The second-order valence-corrected chi connectivity index (χ2v) is 7.08. The second kappa shape index (κ2) is 9.49. The van der Waals surface area contributed by atoms with Crippen LogP contribution in [0, 0.1) is 11.7 Å². The van der Waals surface area contributed by atoms with Gasteiger partial charge in [-0.15, -0.1) is 0 Å². The van der Waals surface area contributed by atoms with E-state index in [0.29, 0.717) is 22.9 Å². The summed E-state index contributed by atoms with van der Waals surface area (Å²) in [7, 11) is 0. The van der Waals surface area contributed by atoms with Crippen molar-refractivity contribution >= 4 is 29.2 Å². The Hall–Kier alpha value is -3.26. The zero-order valence-electron chi connectivity index (χ0n) is 16.2. The minimum Gasteiger partial charge on any atom is -0.481 e. The smallest absolute Gasteiger partial charge is 0.316 e. The molecule has 156 valence electrons. The number of carboxylic acid groups (broad SMARTS) is 1. The number of hydrogen-bond acceptors (Lipinski definition) is 4. The van der Waals surface area contributed by atoms with Gasteiger partial charge in [0.2, 0.25) is 5.91 Å². The van der Waals surface area contributed by atoms with Crippen molar-refractivity contribution in [1.82, 2.24) is 14.8 Å². The number of pyridine rings is 1. The van der Waals surface area contributed by atoms with Gasteiger partial charge in [-0.2, -0.15) is 5.10 Å². The van der Waals surface area contributed by atoms with Gasteiger partial charge in [-0.1, -0.05) is 17.7 Å². The molecule has 0 radical (unpaired) electrons. The molecule has 1 N–H and O–H groups in total. The Balaban J connectivity index is 1.74. The average molecular weight is 431 g/mol. The largest absolute Gasteiger partial charge is 0.481 e. The molecule has 0 aliphatic carbocycles. The fraction of sp³-hybridized carbons (Fsp3) is 0.238. The number of carbonyl (C=O) groups excluding carboxylic acids is 1. The summed E-state index contributed by atoms with van der Waals surface area (Å²) in [5.41, 5.74) is 1.95. The van der Waals surface area contributed by atoms with Crippen LogP contribution in [-0.4, -0.2) is 38.3 Å². The predicted molar refractivity (Wildman–Crippen MR) is 110 cm³/mol. The van der Waals surface area contributed by atoms with E-state index in [1.807, 2.05) is 6.07 Å². The number of carboxylic acids is 1. The van der Waals surface area contributed by atoms with Gasteiger partial charge in [0.25, 0.3) is 0 Å². The molecular weight excluding hydrogens is 411 g/mol. The van der Waals surface area contributed by atoms with Crippen LogP contribution in [0.1, 0.15) is 18.1 Å². The third-order valence-corrected chi connectivity index (χ3v) is 4.80. The van der Waals surface area contributed by atoms with Crippen molar-refractivity contribution in [2.75, 3.05) is 11.4 Å². The van der Waals surface area contributed by atoms with Gasteiger partial charge in [0.15, 0.2) is 0 Å². The van der Waals surface area contributed by atoms with Crippen molar-refractivity contribution in [1.29, 1.82) is 0 Å². The van der Waals surface area contributed by atoms with Crippen LogP contribution in [0.5, 0.6) is 0 Å². The highest BCUT2D eigenvalue weighted by atomic mass is 35.5. The van der Waals surface area contributed by atoms with Crippen LogP contribution in [-0.2, 0) is 22.6 Å². The van der Waals surface area contributed by atoms with Gasteiger partial charge in [-0.25, -0.2) is 9.37 Å². The summed E-state index contributed by atoms with van der Waals surface area (Å²) in [5.74, 6) is -3.51. The molecule has 7 nitrogen and oxygen atoms in total. The molecule has 1 aromatic carbocycles. The first kappa shape index (κ1) is 21.4. The van der Waals surface area contributed by atoms with Crippen LogP contribution in [0.2, 0.25) is 5.15 Å². The number of aromatic nitrogens is 3. The van der Waals surface area contributed by atoms with Crippen molar-refractivity contribution in [3.8, 4) is 0 Å². The summed E-state index contributed by atoms with van der Waals surface area (Å²) in [6.07, 6.45) is 4.87. The zero-order chi connectivity index (χ0) is 21.7. The molecule has 3 rings (SSSR count). The molecule has 0 bridgehead atoms. The van der Waals surface area contributed by atoms with Crippen LogP contribution in [0.4, 0.5) is 10.1 Å². The summed E-state index contributed by atoms with van der Waals surface area (Å²) in [4.78, 5) is 30.1. The molecule has 1 atom stereocenters. The Labute approximate surface area is 177 Å². The van der Waals surface area contributed by atoms with Crippen molar-refractivity contribution in [3.63, 3.8) is 0 Å². The van der Waals surface area contributed by atoms with Gasteiger partial charge >= 0.3 is 5.97 Å². The summed E-state index contributed by atoms with van der Waals surface area (Å²) in [6, 6.07) is 8.87. The lowest BCUT2D eigenvalue weighted by atomic mass is 9.99. The first-order valence-corrected chi connectivity index (χ1v) is 9.66. The number of benzene rings is 1. The summed E-state index contributed by atoms with van der Waals surface area (Å²) >= 11 is 5.78. The molecule has 0 aliphatic heterocycles. The Kier molecular flexibility index (Phi) is 6.79. The second-order valence-electron chi connectivity index (χ2n) is 6.69. The summed E-state index contributed by atoms with van der Waals surface area (Å²) < 4.78 is 14.8. The molecule has 2 aromatic heterocycles. The van der Waals surface area contributed by atoms with Crippen LogP contribution >= 0.6 is 11.6 Å². The molecule has 30 heavy (non-hydrogen) atoms. The maximum Gasteiger partial charge on any atom is 0.316 e. The fourth-order valence-electron chi connectivity index (χ4n) is 3.08. The number of nitrogens with zero attached hydrogens (tertiary/aromatic N) is 4. The minimum absolute atomic E-state index is 0.00920. The predicted octanol–water partition coefficient (Wildman–Crippen LogP) is 3.42. The van der Waals surface area contributed by atoms with E-state index in [0.717, 1.165) is 5.56 Å². The Bertz CT molecular complexity index is 1020. The van der Waals surface area contributed by atoms with E-state index < -0.39 is 23.6 Å². The van der Waals surface area contributed by atoms with Crippen LogP contribution in [0.25, 0.3) is 0 Å². The van der Waals surface area contributed by atoms with E-state index in [9.17, 15) is 19.1 Å². The maximum absolute atomic E-state index is 13.2. The van der Waals surface area contributed by atoms with Gasteiger partial charge in [0.1, 0.15) is 16.9 Å². The number of halogens is 2. The lowest BCUT2D eigenvalue weighted by molar-refractivity contribution is -0.146. The van der Waals surface area contributed by atoms with E-state index in [4.69, 9.17) is 11.6 Å². The van der Waals surface area contributed by atoms with Gasteiger partial charge < -0.3 is 10.0 Å². The third kappa shape index (κ3) is 5.21. The minimum atomic E-state index is -1.29. The summed E-state index contributed by atoms with van der Waals surface area (Å²) in [6.45, 7) is 2.43. The van der Waals surface area contributed by atoms with Crippen molar-refractivity contribution < 1.29 is 19.1 Å². The zero-order valence-corrected chi connectivity index (χ0v) is 17.0. The lowest BCUT2D eigenvalue weighted by Gasteiger charge is -2.24. The molecule has 2 heterocycles. The van der Waals surface area contributed by atoms with E-state index in [1.165, 1.54) is 29.2 Å². The van der Waals surface area contributed by atoms with E-state index in [1.54, 1.807) is 36.3 Å². The first-order chi connectivity index (χ1) is 14.4. The van der Waals surface area contributed by atoms with Gasteiger partial charge in [-0.05, 0) is 54.8 Å². The van der Waals surface area contributed by atoms with E-state index >= 15 is 0 Å². The maximum atomic E-state index is 13.2. The molecule has 0 spiro atoms. The van der Waals surface area contributed by atoms with Gasteiger partial charge in [0, 0.05) is 24.6 Å². The monoisotopic (exact) mass is 430 g/mol. The molecule has 0 fully saturated rings. The van der Waals surface area contributed by atoms with Crippen molar-refractivity contribution in [2.45, 2.75) is 19.9 Å². The van der Waals surface area contributed by atoms with Crippen molar-refractivity contribution in [3.05, 3.63) is 77.1 Å². The molecule has 1 unspecified atom stereocenters. The molecular formula is C21H20ClFN4O3. The first-order valence-electron chi connectivity index (χ1n) is 9.29. The molecule has 1 amide bonds. The highest BCUT2D eigenvalue weighted by Crippen LogP contribution is 2.20. The van der Waals surface area contributed by atoms with Crippen LogP contribution < -0.4 is 4.90 Å². The quantitative estimate of drug-likeness (QED) is 0.437. The fourth-order valence-corrected chi connectivity index (χ4v) is 3.19. The average Bonchev–Trinajstić information content (AvgIpc) is 3.16. The van der Waals surface area contributed by atoms with E-state index in [2.05, 4.69) is 10.1 Å². The third-order valence-electron chi connectivity index (χ3n) is 4.58. The number of rotatable bonds is 8. The Morgan fingerprint density at radius 2 is 1.90 bits per heavy atom. The lowest BCUT2D eigenvalue weighted by Crippen LogP contribution is -2.40. The van der Waals surface area contributed by atoms with Gasteiger partial charge in [0.05, 0.1) is 12.7 Å². The molecule has 9 heteroatoms. The van der Waals surface area contributed by atoms with Crippen LogP contribution in [0.3, 0.4) is 0 Å². The standard InChI is InChI=1S/C21H20ClFN4O3/c1-2-27(17-6-4-16(23)5-7-17)20(28)18(21(29)30)9-15-11-25-26(13-15)12-14-3-8-19(22)24-10-14/h3-8,10-11,13,18H,2,9,12H2,1H3,(H,29,30). The SMILES string of the molecule is CCN(C(=O)C(Cc1cnn(Cc2ccc(Cl)nc2)c1)C(=O)O)c1ccc(F)cc1. The Morgan fingerprint density at radius 3 is 2.50 bits per heavy atom. The van der Waals surface area contributed by atoms with Gasteiger partial charge in [-0.3, -0.25) is 14.3 Å². The normalized spacial score (nSPS) is 11.8.